The minimum absolute atomic E-state index is 0.0969. The van der Waals surface area contributed by atoms with Gasteiger partial charge >= 0.3 is 5.97 Å². The molecule has 1 aliphatic rings. The minimum Gasteiger partial charge on any atom is -0.462 e. The minimum atomic E-state index is -0.375. The number of rotatable bonds is 5. The summed E-state index contributed by atoms with van der Waals surface area (Å²) in [6.07, 6.45) is 11.1. The summed E-state index contributed by atoms with van der Waals surface area (Å²) >= 11 is 0. The normalized spacial score (nSPS) is 15.9. The van der Waals surface area contributed by atoms with Crippen LogP contribution in [0.15, 0.2) is 36.9 Å². The van der Waals surface area contributed by atoms with E-state index >= 15 is 0 Å². The molecule has 0 aliphatic heterocycles. The Balaban J connectivity index is 1.76. The molecule has 5 heteroatoms. The third-order valence-corrected chi connectivity index (χ3v) is 4.30. The summed E-state index contributed by atoms with van der Waals surface area (Å²) in [4.78, 5) is 24.5. The van der Waals surface area contributed by atoms with Crippen molar-refractivity contribution in [1.29, 1.82) is 0 Å². The second kappa shape index (κ2) is 6.22. The molecule has 0 saturated heterocycles. The topological polar surface area (TPSA) is 65.0 Å². The molecule has 0 bridgehead atoms. The zero-order chi connectivity index (χ0) is 15.4. The van der Waals surface area contributed by atoms with Gasteiger partial charge in [-0.05, 0) is 31.4 Å². The molecule has 22 heavy (non-hydrogen) atoms. The van der Waals surface area contributed by atoms with Crippen molar-refractivity contribution >= 4 is 5.97 Å². The second-order valence-electron chi connectivity index (χ2n) is 5.66. The van der Waals surface area contributed by atoms with Crippen molar-refractivity contribution in [3.05, 3.63) is 53.9 Å². The first kappa shape index (κ1) is 14.6. The van der Waals surface area contributed by atoms with E-state index < -0.39 is 0 Å². The summed E-state index contributed by atoms with van der Waals surface area (Å²) in [7, 11) is 0. The first-order chi connectivity index (χ1) is 10.7. The molecular formula is C17H19N3O2. The van der Waals surface area contributed by atoms with E-state index in [2.05, 4.69) is 21.0 Å². The smallest absolute Gasteiger partial charge is 0.341 e. The number of esters is 1. The van der Waals surface area contributed by atoms with Crippen LogP contribution in [-0.4, -0.2) is 27.5 Å². The quantitative estimate of drug-likeness (QED) is 0.794. The Kier molecular flexibility index (Phi) is 4.13. The van der Waals surface area contributed by atoms with E-state index in [0.29, 0.717) is 12.2 Å². The highest BCUT2D eigenvalue weighted by Crippen LogP contribution is 2.45. The van der Waals surface area contributed by atoms with Gasteiger partial charge in [0.05, 0.1) is 12.2 Å². The van der Waals surface area contributed by atoms with Crippen LogP contribution in [-0.2, 0) is 16.6 Å². The van der Waals surface area contributed by atoms with Gasteiger partial charge in [-0.25, -0.2) is 14.8 Å². The van der Waals surface area contributed by atoms with Crippen LogP contribution in [0.5, 0.6) is 0 Å². The van der Waals surface area contributed by atoms with Gasteiger partial charge in [0.2, 0.25) is 0 Å². The molecule has 0 N–H and O–H groups in total. The number of hydrogen-bond donors (Lipinski definition) is 0. The monoisotopic (exact) mass is 297 g/mol. The Bertz CT molecular complexity index is 637. The maximum atomic E-state index is 11.6. The van der Waals surface area contributed by atoms with Crippen LogP contribution < -0.4 is 0 Å². The summed E-state index contributed by atoms with van der Waals surface area (Å²) in [5.41, 5.74) is 1.74. The molecule has 1 fully saturated rings. The molecule has 0 radical (unpaired) electrons. The number of pyridine rings is 1. The maximum Gasteiger partial charge on any atom is 0.341 e. The van der Waals surface area contributed by atoms with Crippen molar-refractivity contribution in [2.45, 2.75) is 38.0 Å². The summed E-state index contributed by atoms with van der Waals surface area (Å²) in [6.45, 7) is 2.13. The van der Waals surface area contributed by atoms with Gasteiger partial charge in [-0.2, -0.15) is 0 Å². The molecule has 0 atom stereocenters. The number of carbonyl (C=O) groups excluding carboxylic acids is 1. The van der Waals surface area contributed by atoms with Gasteiger partial charge in [-0.15, -0.1) is 0 Å². The molecule has 5 nitrogen and oxygen atoms in total. The largest absolute Gasteiger partial charge is 0.462 e. The molecule has 0 unspecified atom stereocenters. The standard InChI is InChI=1S/C17H19N3O2/c1-2-22-16(21)13-10-19-15(20-11-13)9-17(6-4-7-17)14-5-3-8-18-12-14/h3,5,8,10-12H,2,4,6-7,9H2,1H3. The van der Waals surface area contributed by atoms with E-state index in [1.54, 1.807) is 25.5 Å². The Morgan fingerprint density at radius 1 is 1.27 bits per heavy atom. The number of aromatic nitrogens is 3. The van der Waals surface area contributed by atoms with E-state index in [1.165, 1.54) is 12.0 Å². The third-order valence-electron chi connectivity index (χ3n) is 4.30. The van der Waals surface area contributed by atoms with Crippen molar-refractivity contribution in [3.63, 3.8) is 0 Å². The average Bonchev–Trinajstić information content (AvgIpc) is 2.52. The molecule has 1 aliphatic carbocycles. The lowest BCUT2D eigenvalue weighted by Crippen LogP contribution is -2.37. The van der Waals surface area contributed by atoms with Crippen LogP contribution in [0.25, 0.3) is 0 Å². The summed E-state index contributed by atoms with van der Waals surface area (Å²) < 4.78 is 4.94. The van der Waals surface area contributed by atoms with Crippen molar-refractivity contribution < 1.29 is 9.53 Å². The molecular weight excluding hydrogens is 278 g/mol. The van der Waals surface area contributed by atoms with Crippen molar-refractivity contribution in [3.8, 4) is 0 Å². The average molecular weight is 297 g/mol. The van der Waals surface area contributed by atoms with Crippen LogP contribution >= 0.6 is 0 Å². The first-order valence-electron chi connectivity index (χ1n) is 7.62. The molecule has 2 aromatic rings. The fourth-order valence-electron chi connectivity index (χ4n) is 2.92. The van der Waals surface area contributed by atoms with Gasteiger partial charge in [0, 0.05) is 36.6 Å². The van der Waals surface area contributed by atoms with Crippen LogP contribution in [0, 0.1) is 0 Å². The number of hydrogen-bond acceptors (Lipinski definition) is 5. The summed E-state index contributed by atoms with van der Waals surface area (Å²) in [6, 6.07) is 4.10. The lowest BCUT2D eigenvalue weighted by Gasteiger charge is -2.41. The lowest BCUT2D eigenvalue weighted by atomic mass is 9.63. The lowest BCUT2D eigenvalue weighted by molar-refractivity contribution is 0.0525. The predicted molar refractivity (Wildman–Crippen MR) is 81.5 cm³/mol. The van der Waals surface area contributed by atoms with Gasteiger partial charge in [-0.1, -0.05) is 12.5 Å². The molecule has 0 spiro atoms. The Morgan fingerprint density at radius 2 is 2.05 bits per heavy atom. The Hall–Kier alpha value is -2.30. The summed E-state index contributed by atoms with van der Waals surface area (Å²) in [5.74, 6) is 0.385. The van der Waals surface area contributed by atoms with Crippen LogP contribution in [0.3, 0.4) is 0 Å². The molecule has 3 rings (SSSR count). The molecule has 114 valence electrons. The number of nitrogens with zero attached hydrogens (tertiary/aromatic N) is 3. The molecule has 0 amide bonds. The Morgan fingerprint density at radius 3 is 2.59 bits per heavy atom. The fraction of sp³-hybridized carbons (Fsp3) is 0.412. The summed E-state index contributed by atoms with van der Waals surface area (Å²) in [5, 5.41) is 0. The SMILES string of the molecule is CCOC(=O)c1cnc(CC2(c3cccnc3)CCC2)nc1. The highest BCUT2D eigenvalue weighted by molar-refractivity contribution is 5.88. The van der Waals surface area contributed by atoms with Crippen molar-refractivity contribution in [2.24, 2.45) is 0 Å². The maximum absolute atomic E-state index is 11.6. The van der Waals surface area contributed by atoms with E-state index in [0.717, 1.165) is 25.1 Å². The van der Waals surface area contributed by atoms with Crippen LogP contribution in [0.4, 0.5) is 0 Å². The number of ether oxygens (including phenoxy) is 1. The molecule has 1 saturated carbocycles. The van der Waals surface area contributed by atoms with Crippen LogP contribution in [0.2, 0.25) is 0 Å². The highest BCUT2D eigenvalue weighted by atomic mass is 16.5. The van der Waals surface area contributed by atoms with Gasteiger partial charge in [0.1, 0.15) is 5.82 Å². The molecule has 0 aromatic carbocycles. The predicted octanol–water partition coefficient (Wildman–Crippen LogP) is 2.71. The van der Waals surface area contributed by atoms with Gasteiger partial charge in [0.15, 0.2) is 0 Å². The molecule has 2 heterocycles. The van der Waals surface area contributed by atoms with Gasteiger partial charge in [0.25, 0.3) is 0 Å². The van der Waals surface area contributed by atoms with E-state index in [4.69, 9.17) is 4.74 Å². The van der Waals surface area contributed by atoms with Crippen LogP contribution in [0.1, 0.15) is 47.9 Å². The first-order valence-corrected chi connectivity index (χ1v) is 7.62. The third kappa shape index (κ3) is 2.84. The van der Waals surface area contributed by atoms with Crippen molar-refractivity contribution in [1.82, 2.24) is 15.0 Å². The Labute approximate surface area is 129 Å². The fourth-order valence-corrected chi connectivity index (χ4v) is 2.92. The number of carbonyl (C=O) groups is 1. The van der Waals surface area contributed by atoms with Gasteiger partial charge in [-0.3, -0.25) is 4.98 Å². The van der Waals surface area contributed by atoms with E-state index in [1.807, 2.05) is 12.3 Å². The zero-order valence-electron chi connectivity index (χ0n) is 12.7. The highest BCUT2D eigenvalue weighted by Gasteiger charge is 2.39. The van der Waals surface area contributed by atoms with E-state index in [-0.39, 0.29) is 11.4 Å². The molecule has 2 aromatic heterocycles. The zero-order valence-corrected chi connectivity index (χ0v) is 12.7. The second-order valence-corrected chi connectivity index (χ2v) is 5.66. The van der Waals surface area contributed by atoms with E-state index in [9.17, 15) is 4.79 Å². The van der Waals surface area contributed by atoms with Crippen molar-refractivity contribution in [2.75, 3.05) is 6.61 Å². The van der Waals surface area contributed by atoms with Gasteiger partial charge < -0.3 is 4.74 Å².